The maximum Gasteiger partial charge on any atom is 0.253 e. The van der Waals surface area contributed by atoms with Crippen LogP contribution in [0.3, 0.4) is 0 Å². The Balaban J connectivity index is 0.000000309. The Kier molecular flexibility index (Phi) is 25.7. The molecule has 0 radical (unpaired) electrons. The number of ether oxygens (including phenoxy) is 1. The first-order chi connectivity index (χ1) is 32.4. The summed E-state index contributed by atoms with van der Waals surface area (Å²) in [5.74, 6) is 1.49. The number of aromatic nitrogens is 1. The predicted octanol–water partition coefficient (Wildman–Crippen LogP) is 8.26. The van der Waals surface area contributed by atoms with Crippen molar-refractivity contribution in [2.75, 3.05) is 38.5 Å². The minimum Gasteiger partial charge on any atom is -0.494 e. The van der Waals surface area contributed by atoms with E-state index in [4.69, 9.17) is 4.74 Å². The van der Waals surface area contributed by atoms with Crippen molar-refractivity contribution in [3.8, 4) is 5.75 Å². The van der Waals surface area contributed by atoms with Gasteiger partial charge in [0.25, 0.3) is 11.8 Å². The number of rotatable bonds is 29. The van der Waals surface area contributed by atoms with Gasteiger partial charge in [-0.15, -0.1) is 0 Å². The van der Waals surface area contributed by atoms with Crippen molar-refractivity contribution >= 4 is 62.7 Å². The van der Waals surface area contributed by atoms with Gasteiger partial charge in [0.1, 0.15) is 22.3 Å². The third-order valence-corrected chi connectivity index (χ3v) is 13.8. The van der Waals surface area contributed by atoms with Crippen LogP contribution in [-0.2, 0) is 40.0 Å². The first-order valence-corrected chi connectivity index (χ1v) is 26.1. The van der Waals surface area contributed by atoms with Crippen LogP contribution in [0.2, 0.25) is 0 Å². The average Bonchev–Trinajstić information content (AvgIpc) is 3.65. The SMILES string of the molecule is Cc1ccc(CCCC(=O)NCCCC(=O)CCSSc2ccccn2)cc1.Cc1ccc(OCCCCNC(=O)CCC(=O)CCCNC(=O)C2CCC(CN3C(=O)C=CC3=O)CC2)cc1. The maximum atomic E-state index is 12.5. The quantitative estimate of drug-likeness (QED) is 0.0346. The summed E-state index contributed by atoms with van der Waals surface area (Å²) in [5, 5.41) is 9.65. The molecule has 1 saturated carbocycles. The first kappa shape index (κ1) is 54.3. The van der Waals surface area contributed by atoms with Gasteiger partial charge in [-0.05, 0) is 125 Å². The fraction of sp³-hybridized carbons (Fsp3) is 0.500. The molecule has 2 aromatic carbocycles. The van der Waals surface area contributed by atoms with Gasteiger partial charge < -0.3 is 20.7 Å². The number of carbonyl (C=O) groups excluding carboxylic acids is 7. The van der Waals surface area contributed by atoms with Crippen LogP contribution >= 0.6 is 21.6 Å². The average molecular weight is 956 g/mol. The van der Waals surface area contributed by atoms with E-state index in [1.807, 2.05) is 49.4 Å². The molecule has 0 bridgehead atoms. The number of carbonyl (C=O) groups is 7. The van der Waals surface area contributed by atoms with Crippen LogP contribution in [0.15, 0.2) is 90.1 Å². The van der Waals surface area contributed by atoms with E-state index in [0.717, 1.165) is 67.9 Å². The molecule has 1 aliphatic heterocycles. The van der Waals surface area contributed by atoms with Gasteiger partial charge in [0.15, 0.2) is 0 Å². The summed E-state index contributed by atoms with van der Waals surface area (Å²) in [6.45, 7) is 6.68. The van der Waals surface area contributed by atoms with Crippen molar-refractivity contribution < 1.29 is 38.3 Å². The zero-order valence-electron chi connectivity index (χ0n) is 39.3. The second kappa shape index (κ2) is 31.6. The number of unbranched alkanes of at least 4 members (excludes halogenated alkanes) is 1. The van der Waals surface area contributed by atoms with Crippen molar-refractivity contribution in [3.05, 3.63) is 102 Å². The zero-order chi connectivity index (χ0) is 48.1. The lowest BCUT2D eigenvalue weighted by atomic mass is 9.81. The highest BCUT2D eigenvalue weighted by Gasteiger charge is 2.31. The standard InChI is InChI=1S/C30H41N3O6.C22H28N2O2S2/c1-22-6-13-26(14-7-22)39-20-3-2-18-31-27(35)15-12-25(34)5-4-19-32-30(38)24-10-8-23(9-11-24)21-33-28(36)16-17-29(33)37;1-18-10-12-19(13-11-18)6-4-8-21(26)23-16-5-7-20(25)14-17-27-28-22-9-2-3-15-24-22/h6-7,13-14,16-17,23-24H,2-5,8-12,15,18-21H2,1H3,(H,31,35)(H,32,38);2-3,9-13,15H,4-8,14,16-17H2,1H3,(H,23,26). The number of Topliss-reactive ketones (excluding diaryl/α,β-unsaturated/α-hetero) is 2. The van der Waals surface area contributed by atoms with Crippen LogP contribution in [0.25, 0.3) is 0 Å². The smallest absolute Gasteiger partial charge is 0.253 e. The van der Waals surface area contributed by atoms with E-state index in [-0.39, 0.29) is 65.8 Å². The van der Waals surface area contributed by atoms with Gasteiger partial charge in [-0.25, -0.2) is 4.98 Å². The molecule has 67 heavy (non-hydrogen) atoms. The number of benzene rings is 2. The second-order valence-corrected chi connectivity index (χ2v) is 19.6. The minimum atomic E-state index is -0.259. The first-order valence-electron chi connectivity index (χ1n) is 23.8. The van der Waals surface area contributed by atoms with Crippen molar-refractivity contribution in [1.29, 1.82) is 0 Å². The summed E-state index contributed by atoms with van der Waals surface area (Å²) in [6, 6.07) is 22.1. The molecule has 1 aliphatic carbocycles. The summed E-state index contributed by atoms with van der Waals surface area (Å²) in [6.07, 6.45) is 14.4. The predicted molar refractivity (Wildman–Crippen MR) is 265 cm³/mol. The van der Waals surface area contributed by atoms with Gasteiger partial charge in [-0.1, -0.05) is 64.4 Å². The van der Waals surface area contributed by atoms with Crippen LogP contribution in [0, 0.1) is 25.7 Å². The number of hydrogen-bond donors (Lipinski definition) is 3. The number of hydrogen-bond acceptors (Lipinski definition) is 11. The third-order valence-electron chi connectivity index (χ3n) is 11.5. The Morgan fingerprint density at radius 3 is 1.93 bits per heavy atom. The van der Waals surface area contributed by atoms with Crippen molar-refractivity contribution in [3.63, 3.8) is 0 Å². The lowest BCUT2D eigenvalue weighted by molar-refractivity contribution is -0.138. The van der Waals surface area contributed by atoms with Gasteiger partial charge >= 0.3 is 0 Å². The molecule has 3 aromatic rings. The minimum absolute atomic E-state index is 0.000431. The Hall–Kier alpha value is -5.28. The molecule has 5 amide bonds. The van der Waals surface area contributed by atoms with E-state index in [0.29, 0.717) is 71.3 Å². The highest BCUT2D eigenvalue weighted by atomic mass is 33.1. The van der Waals surface area contributed by atoms with Gasteiger partial charge in [-0.3, -0.25) is 38.5 Å². The van der Waals surface area contributed by atoms with E-state index in [2.05, 4.69) is 52.1 Å². The van der Waals surface area contributed by atoms with E-state index in [1.54, 1.807) is 27.8 Å². The molecular weight excluding hydrogens is 887 g/mol. The van der Waals surface area contributed by atoms with Gasteiger partial charge in [0, 0.05) is 94.7 Å². The third kappa shape index (κ3) is 23.3. The van der Waals surface area contributed by atoms with Crippen molar-refractivity contribution in [2.24, 2.45) is 11.8 Å². The summed E-state index contributed by atoms with van der Waals surface area (Å²) in [7, 11) is 3.25. The van der Waals surface area contributed by atoms with Crippen LogP contribution in [0.1, 0.15) is 113 Å². The molecular formula is C52H69N5O8S2. The molecule has 1 fully saturated rings. The number of nitrogens with zero attached hydrogens (tertiary/aromatic N) is 2. The van der Waals surface area contributed by atoms with Crippen molar-refractivity contribution in [1.82, 2.24) is 25.8 Å². The number of ketones is 2. The topological polar surface area (TPSA) is 181 Å². The fourth-order valence-electron chi connectivity index (χ4n) is 7.45. The van der Waals surface area contributed by atoms with Crippen LogP contribution < -0.4 is 20.7 Å². The molecule has 0 saturated heterocycles. The highest BCUT2D eigenvalue weighted by Crippen LogP contribution is 2.31. The normalized spacial score (nSPS) is 15.3. The van der Waals surface area contributed by atoms with E-state index in [9.17, 15) is 33.6 Å². The fourth-order valence-corrected chi connectivity index (χ4v) is 9.36. The van der Waals surface area contributed by atoms with Crippen molar-refractivity contribution in [2.45, 2.75) is 122 Å². The summed E-state index contributed by atoms with van der Waals surface area (Å²) in [5.41, 5.74) is 3.71. The lowest BCUT2D eigenvalue weighted by Gasteiger charge is -2.30. The van der Waals surface area contributed by atoms with E-state index < -0.39 is 0 Å². The maximum absolute atomic E-state index is 12.5. The van der Waals surface area contributed by atoms with Crippen LogP contribution in [0.4, 0.5) is 0 Å². The van der Waals surface area contributed by atoms with Crippen LogP contribution in [-0.4, -0.2) is 89.5 Å². The summed E-state index contributed by atoms with van der Waals surface area (Å²) in [4.78, 5) is 89.3. The number of imide groups is 1. The molecule has 362 valence electrons. The van der Waals surface area contributed by atoms with E-state index >= 15 is 0 Å². The molecule has 0 atom stereocenters. The molecule has 13 nitrogen and oxygen atoms in total. The number of pyridine rings is 1. The molecule has 0 unspecified atom stereocenters. The summed E-state index contributed by atoms with van der Waals surface area (Å²) < 4.78 is 5.67. The Morgan fingerprint density at radius 1 is 0.657 bits per heavy atom. The van der Waals surface area contributed by atoms with E-state index in [1.165, 1.54) is 33.7 Å². The molecule has 2 heterocycles. The number of aryl methyl sites for hydroxylation is 3. The summed E-state index contributed by atoms with van der Waals surface area (Å²) >= 11 is 0. The molecule has 1 aromatic heterocycles. The highest BCUT2D eigenvalue weighted by molar-refractivity contribution is 8.76. The van der Waals surface area contributed by atoms with Gasteiger partial charge in [0.2, 0.25) is 17.7 Å². The Morgan fingerprint density at radius 2 is 1.27 bits per heavy atom. The van der Waals surface area contributed by atoms with Gasteiger partial charge in [-0.2, -0.15) is 0 Å². The van der Waals surface area contributed by atoms with Gasteiger partial charge in [0.05, 0.1) is 6.61 Å². The Labute approximate surface area is 404 Å². The van der Waals surface area contributed by atoms with Crippen LogP contribution in [0.5, 0.6) is 5.75 Å². The Bertz CT molecular complexity index is 2020. The molecule has 0 spiro atoms. The second-order valence-electron chi connectivity index (χ2n) is 17.1. The molecule has 15 heteroatoms. The number of nitrogens with one attached hydrogen (secondary N) is 3. The monoisotopic (exact) mass is 955 g/mol. The lowest BCUT2D eigenvalue weighted by Crippen LogP contribution is -2.38. The largest absolute Gasteiger partial charge is 0.494 e. The number of amides is 5. The molecule has 5 rings (SSSR count). The zero-order valence-corrected chi connectivity index (χ0v) is 40.9. The molecule has 2 aliphatic rings. The molecule has 3 N–H and O–H groups in total.